The fourth-order valence-electron chi connectivity index (χ4n) is 2.85. The van der Waals surface area contributed by atoms with Crippen molar-refractivity contribution >= 4 is 5.91 Å². The maximum Gasteiger partial charge on any atom is 0.251 e. The number of carbonyl (C=O) groups excluding carboxylic acids is 1. The van der Waals surface area contributed by atoms with Crippen molar-refractivity contribution < 1.29 is 18.3 Å². The molecule has 1 heterocycles. The van der Waals surface area contributed by atoms with Crippen molar-refractivity contribution in [3.8, 4) is 0 Å². The summed E-state index contributed by atoms with van der Waals surface area (Å²) in [5, 5.41) is 0. The van der Waals surface area contributed by atoms with Gasteiger partial charge in [-0.2, -0.15) is 0 Å². The second-order valence-corrected chi connectivity index (χ2v) is 5.41. The Bertz CT molecular complexity index is 495. The molecular weight excluding hydrogens is 276 g/mol. The van der Waals surface area contributed by atoms with Crippen LogP contribution in [0.3, 0.4) is 0 Å². The molecule has 2 rings (SSSR count). The number of hydrogen-bond donors (Lipinski definition) is 0. The van der Waals surface area contributed by atoms with Crippen LogP contribution in [0.1, 0.15) is 37.7 Å². The molecule has 1 aliphatic rings. The van der Waals surface area contributed by atoms with Crippen molar-refractivity contribution in [1.82, 2.24) is 4.90 Å². The Morgan fingerprint density at radius 3 is 2.52 bits per heavy atom. The summed E-state index contributed by atoms with van der Waals surface area (Å²) in [5.41, 5.74) is 0.805. The third-order valence-corrected chi connectivity index (χ3v) is 4.15. The Morgan fingerprint density at radius 1 is 1.33 bits per heavy atom. The average Bonchev–Trinajstić information content (AvgIpc) is 2.51. The molecule has 0 unspecified atom stereocenters. The van der Waals surface area contributed by atoms with E-state index in [9.17, 15) is 13.6 Å². The third-order valence-electron chi connectivity index (χ3n) is 4.15. The van der Waals surface area contributed by atoms with Crippen molar-refractivity contribution in [2.24, 2.45) is 0 Å². The van der Waals surface area contributed by atoms with E-state index in [1.807, 2.05) is 6.92 Å². The van der Waals surface area contributed by atoms with E-state index >= 15 is 0 Å². The van der Waals surface area contributed by atoms with Gasteiger partial charge in [0.1, 0.15) is 6.10 Å². The van der Waals surface area contributed by atoms with Crippen molar-refractivity contribution in [2.45, 2.75) is 38.2 Å². The number of rotatable bonds is 4. The first kappa shape index (κ1) is 15.9. The molecule has 5 heteroatoms. The molecule has 0 radical (unpaired) electrons. The van der Waals surface area contributed by atoms with Crippen LogP contribution in [0, 0.1) is 11.6 Å². The number of amides is 1. The number of halogens is 2. The minimum atomic E-state index is -0.822. The lowest BCUT2D eigenvalue weighted by Gasteiger charge is -2.34. The van der Waals surface area contributed by atoms with E-state index in [0.29, 0.717) is 19.5 Å². The first-order valence-electron chi connectivity index (χ1n) is 7.33. The van der Waals surface area contributed by atoms with Crippen molar-refractivity contribution in [3.05, 3.63) is 35.4 Å². The SMILES string of the molecule is CC[C@H](OC)C(=O)N1CCC(c2ccc(F)c(F)c2)CC1. The number of carbonyl (C=O) groups is 1. The summed E-state index contributed by atoms with van der Waals surface area (Å²) >= 11 is 0. The first-order valence-corrected chi connectivity index (χ1v) is 7.33. The van der Waals surface area contributed by atoms with Gasteiger partial charge < -0.3 is 9.64 Å². The fraction of sp³-hybridized carbons (Fsp3) is 0.562. The fourth-order valence-corrected chi connectivity index (χ4v) is 2.85. The monoisotopic (exact) mass is 297 g/mol. The Hall–Kier alpha value is -1.49. The van der Waals surface area contributed by atoms with E-state index in [1.54, 1.807) is 18.1 Å². The lowest BCUT2D eigenvalue weighted by molar-refractivity contribution is -0.143. The molecule has 0 N–H and O–H groups in total. The quantitative estimate of drug-likeness (QED) is 0.854. The number of benzene rings is 1. The molecule has 1 saturated heterocycles. The van der Waals surface area contributed by atoms with Gasteiger partial charge in [-0.15, -0.1) is 0 Å². The number of likely N-dealkylation sites (tertiary alicyclic amines) is 1. The lowest BCUT2D eigenvalue weighted by atomic mass is 9.89. The van der Waals surface area contributed by atoms with Gasteiger partial charge in [-0.1, -0.05) is 13.0 Å². The van der Waals surface area contributed by atoms with Crippen LogP contribution in [-0.2, 0) is 9.53 Å². The molecule has 116 valence electrons. The Morgan fingerprint density at radius 2 is 2.00 bits per heavy atom. The summed E-state index contributed by atoms with van der Waals surface area (Å²) < 4.78 is 31.4. The molecule has 3 nitrogen and oxygen atoms in total. The maximum absolute atomic E-state index is 13.3. The van der Waals surface area contributed by atoms with Crippen LogP contribution in [0.5, 0.6) is 0 Å². The maximum atomic E-state index is 13.3. The van der Waals surface area contributed by atoms with Crippen molar-refractivity contribution in [3.63, 3.8) is 0 Å². The largest absolute Gasteiger partial charge is 0.372 e. The van der Waals surface area contributed by atoms with E-state index in [1.165, 1.54) is 12.1 Å². The molecule has 1 aromatic rings. The molecule has 1 fully saturated rings. The summed E-state index contributed by atoms with van der Waals surface area (Å²) in [4.78, 5) is 14.0. The standard InChI is InChI=1S/C16H21F2NO2/c1-3-15(21-2)16(20)19-8-6-11(7-9-19)12-4-5-13(17)14(18)10-12/h4-5,10-11,15H,3,6-9H2,1-2H3/t15-/m0/s1. The normalized spacial score (nSPS) is 17.8. The topological polar surface area (TPSA) is 29.5 Å². The molecular formula is C16H21F2NO2. The average molecular weight is 297 g/mol. The summed E-state index contributed by atoms with van der Waals surface area (Å²) in [6, 6.07) is 4.06. The van der Waals surface area contributed by atoms with Gasteiger partial charge in [-0.05, 0) is 42.9 Å². The summed E-state index contributed by atoms with van der Waals surface area (Å²) in [6.07, 6.45) is 1.79. The minimum absolute atomic E-state index is 0.0173. The molecule has 0 spiro atoms. The number of nitrogens with zero attached hydrogens (tertiary/aromatic N) is 1. The molecule has 1 atom stereocenters. The van der Waals surface area contributed by atoms with Crippen molar-refractivity contribution in [2.75, 3.05) is 20.2 Å². The van der Waals surface area contributed by atoms with Crippen LogP contribution < -0.4 is 0 Å². The molecule has 0 aliphatic carbocycles. The van der Waals surface area contributed by atoms with Crippen LogP contribution in [-0.4, -0.2) is 37.1 Å². The predicted molar refractivity (Wildman–Crippen MR) is 76.0 cm³/mol. The molecule has 0 saturated carbocycles. The zero-order chi connectivity index (χ0) is 15.4. The van der Waals surface area contributed by atoms with E-state index < -0.39 is 11.6 Å². The summed E-state index contributed by atoms with van der Waals surface area (Å²) in [5.74, 6) is -1.44. The Kier molecular flexibility index (Phi) is 5.28. The summed E-state index contributed by atoms with van der Waals surface area (Å²) in [7, 11) is 1.54. The smallest absolute Gasteiger partial charge is 0.251 e. The Labute approximate surface area is 123 Å². The zero-order valence-corrected chi connectivity index (χ0v) is 12.4. The highest BCUT2D eigenvalue weighted by Gasteiger charge is 2.28. The number of ether oxygens (including phenoxy) is 1. The van der Waals surface area contributed by atoms with Gasteiger partial charge in [0.2, 0.25) is 0 Å². The zero-order valence-electron chi connectivity index (χ0n) is 12.4. The molecule has 0 aromatic heterocycles. The van der Waals surface area contributed by atoms with Crippen LogP contribution in [0.4, 0.5) is 8.78 Å². The highest BCUT2D eigenvalue weighted by atomic mass is 19.2. The number of hydrogen-bond acceptors (Lipinski definition) is 2. The van der Waals surface area contributed by atoms with Gasteiger partial charge in [0, 0.05) is 20.2 Å². The van der Waals surface area contributed by atoms with Gasteiger partial charge in [0.15, 0.2) is 11.6 Å². The number of methoxy groups -OCH3 is 1. The van der Waals surface area contributed by atoms with Crippen LogP contribution in [0.2, 0.25) is 0 Å². The molecule has 1 amide bonds. The van der Waals surface area contributed by atoms with E-state index in [-0.39, 0.29) is 17.9 Å². The first-order chi connectivity index (χ1) is 10.1. The van der Waals surface area contributed by atoms with Gasteiger partial charge >= 0.3 is 0 Å². The van der Waals surface area contributed by atoms with Gasteiger partial charge in [0.05, 0.1) is 0 Å². The van der Waals surface area contributed by atoms with Gasteiger partial charge in [-0.25, -0.2) is 8.78 Å². The van der Waals surface area contributed by atoms with E-state index in [2.05, 4.69) is 0 Å². The third kappa shape index (κ3) is 3.59. The second kappa shape index (κ2) is 6.98. The molecule has 1 aromatic carbocycles. The second-order valence-electron chi connectivity index (χ2n) is 5.41. The van der Waals surface area contributed by atoms with Crippen LogP contribution in [0.15, 0.2) is 18.2 Å². The predicted octanol–water partition coefficient (Wildman–Crippen LogP) is 3.10. The molecule has 0 bridgehead atoms. The van der Waals surface area contributed by atoms with E-state index in [4.69, 9.17) is 4.74 Å². The lowest BCUT2D eigenvalue weighted by Crippen LogP contribution is -2.44. The highest BCUT2D eigenvalue weighted by molar-refractivity contribution is 5.81. The number of piperidine rings is 1. The van der Waals surface area contributed by atoms with Gasteiger partial charge in [0.25, 0.3) is 5.91 Å². The van der Waals surface area contributed by atoms with E-state index in [0.717, 1.165) is 18.4 Å². The molecule has 21 heavy (non-hydrogen) atoms. The van der Waals surface area contributed by atoms with Crippen molar-refractivity contribution in [1.29, 1.82) is 0 Å². The van der Waals surface area contributed by atoms with Crippen LogP contribution >= 0.6 is 0 Å². The minimum Gasteiger partial charge on any atom is -0.372 e. The molecule has 1 aliphatic heterocycles. The van der Waals surface area contributed by atoms with Crippen LogP contribution in [0.25, 0.3) is 0 Å². The summed E-state index contributed by atoms with van der Waals surface area (Å²) in [6.45, 7) is 3.17. The Balaban J connectivity index is 1.96. The highest BCUT2D eigenvalue weighted by Crippen LogP contribution is 2.29. The van der Waals surface area contributed by atoms with Gasteiger partial charge in [-0.3, -0.25) is 4.79 Å².